The van der Waals surface area contributed by atoms with E-state index in [2.05, 4.69) is 53.0 Å². The molecule has 0 aromatic heterocycles. The molecule has 0 amide bonds. The third-order valence-electron chi connectivity index (χ3n) is 6.90. The normalized spacial score (nSPS) is 15.4. The summed E-state index contributed by atoms with van der Waals surface area (Å²) >= 11 is 0. The average molecular weight is 435 g/mol. The minimum Gasteiger partial charge on any atom is -0.369 e. The Morgan fingerprint density at radius 1 is 0.484 bits per heavy atom. The molecule has 31 heavy (non-hydrogen) atoms. The lowest BCUT2D eigenvalue weighted by Crippen LogP contribution is -2.45. The first-order chi connectivity index (χ1) is 15.1. The Morgan fingerprint density at radius 2 is 0.871 bits per heavy atom. The maximum Gasteiger partial charge on any atom is 0.0690 e. The van der Waals surface area contributed by atoms with Crippen LogP contribution in [-0.4, -0.2) is 11.2 Å². The Kier molecular flexibility index (Phi) is 19.7. The van der Waals surface area contributed by atoms with Gasteiger partial charge in [-0.15, -0.1) is 13.2 Å². The van der Waals surface area contributed by atoms with Crippen molar-refractivity contribution in [2.75, 3.05) is 0 Å². The van der Waals surface area contributed by atoms with Gasteiger partial charge in [-0.1, -0.05) is 104 Å². The monoisotopic (exact) mass is 434 g/mol. The molecule has 0 heterocycles. The molecule has 184 valence electrons. The molecule has 0 rings (SSSR count). The van der Waals surface area contributed by atoms with E-state index in [4.69, 9.17) is 4.74 Å². The van der Waals surface area contributed by atoms with Crippen LogP contribution in [-0.2, 0) is 4.74 Å². The number of hydrogen-bond acceptors (Lipinski definition) is 1. The first kappa shape index (κ1) is 30.4. The Hall–Kier alpha value is -0.560. The fourth-order valence-electron chi connectivity index (χ4n) is 5.25. The zero-order valence-corrected chi connectivity index (χ0v) is 22.1. The van der Waals surface area contributed by atoms with Gasteiger partial charge >= 0.3 is 0 Å². The van der Waals surface area contributed by atoms with E-state index in [1.54, 1.807) is 0 Å². The molecule has 0 fully saturated rings. The summed E-state index contributed by atoms with van der Waals surface area (Å²) in [5.74, 6) is 0. The van der Waals surface area contributed by atoms with E-state index in [0.717, 1.165) is 12.8 Å². The average Bonchev–Trinajstić information content (AvgIpc) is 2.76. The minimum absolute atomic E-state index is 0.0863. The summed E-state index contributed by atoms with van der Waals surface area (Å²) in [6, 6.07) is 0. The van der Waals surface area contributed by atoms with Gasteiger partial charge in [-0.05, 0) is 64.2 Å². The highest BCUT2D eigenvalue weighted by Gasteiger charge is 2.39. The Bertz CT molecular complexity index is 377. The number of rotatable bonds is 24. The summed E-state index contributed by atoms with van der Waals surface area (Å²) in [7, 11) is 0. The van der Waals surface area contributed by atoms with Gasteiger partial charge in [0.15, 0.2) is 0 Å². The highest BCUT2D eigenvalue weighted by Crippen LogP contribution is 2.41. The van der Waals surface area contributed by atoms with E-state index in [0.29, 0.717) is 0 Å². The first-order valence-corrected chi connectivity index (χ1v) is 14.0. The fraction of sp³-hybridized carbons (Fsp3) is 0.867. The van der Waals surface area contributed by atoms with Crippen LogP contribution in [0.2, 0.25) is 0 Å². The van der Waals surface area contributed by atoms with Gasteiger partial charge < -0.3 is 4.74 Å². The van der Waals surface area contributed by atoms with Crippen LogP contribution in [0.15, 0.2) is 25.3 Å². The van der Waals surface area contributed by atoms with Crippen LogP contribution >= 0.6 is 0 Å². The van der Waals surface area contributed by atoms with Gasteiger partial charge in [-0.3, -0.25) is 0 Å². The lowest BCUT2D eigenvalue weighted by molar-refractivity contribution is -0.181. The topological polar surface area (TPSA) is 9.23 Å². The maximum atomic E-state index is 7.48. The quantitative estimate of drug-likeness (QED) is 0.108. The number of hydrogen-bond donors (Lipinski definition) is 0. The largest absolute Gasteiger partial charge is 0.369 e. The standard InChI is InChI=1S/C30H58O/c1-7-13-17-19-21-27-29(23-11-5,25-15-9-3)31-30(24-12-6,26-16-10-4)28-22-20-18-14-8-2/h7-8H,1-2,9-28H2,3-6H3. The van der Waals surface area contributed by atoms with Crippen LogP contribution in [0.3, 0.4) is 0 Å². The van der Waals surface area contributed by atoms with Crippen LogP contribution in [0.1, 0.15) is 156 Å². The van der Waals surface area contributed by atoms with Crippen LogP contribution in [0.4, 0.5) is 0 Å². The zero-order chi connectivity index (χ0) is 23.3. The molecule has 1 heteroatoms. The fourth-order valence-corrected chi connectivity index (χ4v) is 5.25. The highest BCUT2D eigenvalue weighted by atomic mass is 16.5. The zero-order valence-electron chi connectivity index (χ0n) is 22.1. The van der Waals surface area contributed by atoms with Crippen molar-refractivity contribution in [1.82, 2.24) is 0 Å². The van der Waals surface area contributed by atoms with Crippen molar-refractivity contribution in [3.63, 3.8) is 0 Å². The number of ether oxygens (including phenoxy) is 1. The van der Waals surface area contributed by atoms with E-state index in [1.807, 2.05) is 0 Å². The molecule has 0 radical (unpaired) electrons. The summed E-state index contributed by atoms with van der Waals surface area (Å²) in [5, 5.41) is 0. The summed E-state index contributed by atoms with van der Waals surface area (Å²) in [4.78, 5) is 0. The third kappa shape index (κ3) is 14.3. The second-order valence-electron chi connectivity index (χ2n) is 9.95. The van der Waals surface area contributed by atoms with Gasteiger partial charge in [0, 0.05) is 0 Å². The van der Waals surface area contributed by atoms with Gasteiger partial charge in [0.2, 0.25) is 0 Å². The molecule has 0 bridgehead atoms. The second kappa shape index (κ2) is 20.1. The number of allylic oxidation sites excluding steroid dienone is 2. The molecule has 0 N–H and O–H groups in total. The summed E-state index contributed by atoms with van der Waals surface area (Å²) in [6.45, 7) is 17.1. The van der Waals surface area contributed by atoms with Crippen molar-refractivity contribution in [3.05, 3.63) is 25.3 Å². The Labute approximate surface area is 197 Å². The van der Waals surface area contributed by atoms with E-state index in [9.17, 15) is 0 Å². The molecule has 2 atom stereocenters. The van der Waals surface area contributed by atoms with Crippen LogP contribution < -0.4 is 0 Å². The van der Waals surface area contributed by atoms with Gasteiger partial charge in [0.1, 0.15) is 0 Å². The van der Waals surface area contributed by atoms with Crippen molar-refractivity contribution in [3.8, 4) is 0 Å². The molecule has 0 spiro atoms. The molecular weight excluding hydrogens is 376 g/mol. The van der Waals surface area contributed by atoms with Crippen molar-refractivity contribution < 1.29 is 4.74 Å². The molecular formula is C30H58O. The minimum atomic E-state index is 0.0863. The van der Waals surface area contributed by atoms with Crippen LogP contribution in [0.25, 0.3) is 0 Å². The molecule has 0 aliphatic rings. The van der Waals surface area contributed by atoms with Gasteiger partial charge in [0.25, 0.3) is 0 Å². The summed E-state index contributed by atoms with van der Waals surface area (Å²) < 4.78 is 7.48. The molecule has 0 saturated heterocycles. The van der Waals surface area contributed by atoms with E-state index < -0.39 is 0 Å². The first-order valence-electron chi connectivity index (χ1n) is 14.0. The lowest BCUT2D eigenvalue weighted by Gasteiger charge is -2.46. The van der Waals surface area contributed by atoms with Crippen LogP contribution in [0, 0.1) is 0 Å². The molecule has 0 aliphatic carbocycles. The van der Waals surface area contributed by atoms with E-state index in [1.165, 1.54) is 116 Å². The van der Waals surface area contributed by atoms with Crippen molar-refractivity contribution in [2.45, 2.75) is 167 Å². The molecule has 2 unspecified atom stereocenters. The van der Waals surface area contributed by atoms with Gasteiger partial charge in [-0.25, -0.2) is 0 Å². The number of unbranched alkanes of at least 4 members (excludes halogenated alkanes) is 8. The predicted octanol–water partition coefficient (Wildman–Crippen LogP) is 10.7. The Balaban J connectivity index is 5.52. The van der Waals surface area contributed by atoms with Gasteiger partial charge in [-0.2, -0.15) is 0 Å². The SMILES string of the molecule is C=CCCCCCC(CCC)(CCCC)OC(CCC)(CCCC)CCCCCC=C. The maximum absolute atomic E-state index is 7.48. The molecule has 0 aromatic carbocycles. The lowest BCUT2D eigenvalue weighted by atomic mass is 9.81. The predicted molar refractivity (Wildman–Crippen MR) is 142 cm³/mol. The molecule has 0 saturated carbocycles. The van der Waals surface area contributed by atoms with Crippen molar-refractivity contribution in [1.29, 1.82) is 0 Å². The second-order valence-corrected chi connectivity index (χ2v) is 9.95. The molecule has 0 aliphatic heterocycles. The van der Waals surface area contributed by atoms with Crippen molar-refractivity contribution in [2.24, 2.45) is 0 Å². The third-order valence-corrected chi connectivity index (χ3v) is 6.90. The molecule has 1 nitrogen and oxygen atoms in total. The molecule has 0 aromatic rings. The smallest absolute Gasteiger partial charge is 0.0690 e. The van der Waals surface area contributed by atoms with E-state index in [-0.39, 0.29) is 11.2 Å². The highest BCUT2D eigenvalue weighted by molar-refractivity contribution is 4.90. The van der Waals surface area contributed by atoms with Crippen molar-refractivity contribution >= 4 is 0 Å². The summed E-state index contributed by atoms with van der Waals surface area (Å²) in [5.41, 5.74) is 0.173. The summed E-state index contributed by atoms with van der Waals surface area (Å²) in [6.07, 6.45) is 29.2. The Morgan fingerprint density at radius 3 is 1.19 bits per heavy atom. The van der Waals surface area contributed by atoms with Gasteiger partial charge in [0.05, 0.1) is 11.2 Å². The van der Waals surface area contributed by atoms with E-state index >= 15 is 0 Å². The van der Waals surface area contributed by atoms with Crippen LogP contribution in [0.5, 0.6) is 0 Å².